The lowest BCUT2D eigenvalue weighted by molar-refractivity contribution is -0.138. The highest BCUT2D eigenvalue weighted by atomic mass is 16.5. The molecule has 1 rings (SSSR count). The fourth-order valence-electron chi connectivity index (χ4n) is 0.144. The zero-order chi connectivity index (χ0) is 8.04. The van der Waals surface area contributed by atoms with Gasteiger partial charge in [0.2, 0.25) is 0 Å². The molecule has 0 heterocycles. The Morgan fingerprint density at radius 2 is 1.60 bits per heavy atom. The molecule has 0 aromatic carbocycles. The van der Waals surface area contributed by atoms with Crippen molar-refractivity contribution in [1.82, 2.24) is 0 Å². The summed E-state index contributed by atoms with van der Waals surface area (Å²) < 4.78 is 4.55. The second-order valence-electron chi connectivity index (χ2n) is 3.39. The first kappa shape index (κ1) is 9.47. The molecule has 0 atom stereocenters. The first-order chi connectivity index (χ1) is 4.56. The summed E-state index contributed by atoms with van der Waals surface area (Å²) in [4.78, 5) is 9.60. The number of hydrogen-bond donors (Lipinski definition) is 0. The van der Waals surface area contributed by atoms with E-state index in [1.807, 2.05) is 20.8 Å². The van der Waals surface area contributed by atoms with Crippen molar-refractivity contribution in [3.63, 3.8) is 0 Å². The molecule has 0 radical (unpaired) electrons. The maximum Gasteiger partial charge on any atom is 0.293 e. The molecule has 0 N–H and O–H groups in total. The zero-order valence-electron chi connectivity index (χ0n) is 7.02. The molecule has 0 bridgehead atoms. The van der Waals surface area contributed by atoms with Gasteiger partial charge in [-0.3, -0.25) is 4.79 Å². The summed E-state index contributed by atoms with van der Waals surface area (Å²) in [6.45, 7) is 5.92. The number of ether oxygens (including phenoxy) is 1. The molecular formula is C8H16O2. The topological polar surface area (TPSA) is 26.3 Å². The van der Waals surface area contributed by atoms with Gasteiger partial charge in [-0.15, -0.1) is 0 Å². The van der Waals surface area contributed by atoms with Gasteiger partial charge in [-0.05, 0) is 20.8 Å². The summed E-state index contributed by atoms with van der Waals surface area (Å²) in [6, 6.07) is 0. The monoisotopic (exact) mass is 144 g/mol. The molecule has 10 heavy (non-hydrogen) atoms. The van der Waals surface area contributed by atoms with Gasteiger partial charge in [0.05, 0.1) is 0 Å². The maximum absolute atomic E-state index is 9.60. The van der Waals surface area contributed by atoms with Crippen LogP contribution in [0.3, 0.4) is 0 Å². The minimum absolute atomic E-state index is 0.318. The van der Waals surface area contributed by atoms with E-state index in [4.69, 9.17) is 0 Å². The molecule has 0 saturated heterocycles. The van der Waals surface area contributed by atoms with Crippen LogP contribution in [0.2, 0.25) is 0 Å². The van der Waals surface area contributed by atoms with Crippen molar-refractivity contribution in [3.05, 3.63) is 0 Å². The Morgan fingerprint density at radius 1 is 1.20 bits per heavy atom. The smallest absolute Gasteiger partial charge is 0.293 e. The van der Waals surface area contributed by atoms with Gasteiger partial charge in [-0.2, -0.15) is 0 Å². The molecule has 0 spiro atoms. The third kappa shape index (κ3) is 15.6. The highest BCUT2D eigenvalue weighted by molar-refractivity contribution is 5.37. The first-order valence-corrected chi connectivity index (χ1v) is 3.68. The van der Waals surface area contributed by atoms with Crippen molar-refractivity contribution in [2.24, 2.45) is 0 Å². The number of carbonyl (C=O) groups excluding carboxylic acids is 1. The van der Waals surface area contributed by atoms with E-state index in [2.05, 4.69) is 4.74 Å². The number of hydrogen-bond acceptors (Lipinski definition) is 2. The summed E-state index contributed by atoms with van der Waals surface area (Å²) in [5, 5.41) is 0. The predicted molar refractivity (Wildman–Crippen MR) is 40.8 cm³/mol. The average Bonchev–Trinajstić information content (AvgIpc) is 2.40. The lowest BCUT2D eigenvalue weighted by Crippen LogP contribution is -2.17. The summed E-state index contributed by atoms with van der Waals surface area (Å²) in [6.07, 6.45) is 4.50. The van der Waals surface area contributed by atoms with Crippen LogP contribution < -0.4 is 0 Å². The molecule has 2 heteroatoms. The molecule has 0 unspecified atom stereocenters. The van der Waals surface area contributed by atoms with Crippen LogP contribution in [-0.2, 0) is 9.53 Å². The van der Waals surface area contributed by atoms with Gasteiger partial charge in [-0.25, -0.2) is 0 Å². The van der Waals surface area contributed by atoms with Gasteiger partial charge >= 0.3 is 0 Å². The lowest BCUT2D eigenvalue weighted by atomic mass is 10.2. The van der Waals surface area contributed by atoms with Gasteiger partial charge < -0.3 is 4.74 Å². The second kappa shape index (κ2) is 4.31. The third-order valence-electron chi connectivity index (χ3n) is 0.755. The normalized spacial score (nSPS) is 14.7. The molecule has 0 amide bonds. The maximum atomic E-state index is 9.60. The Bertz CT molecular complexity index is 87.2. The van der Waals surface area contributed by atoms with Crippen LogP contribution in [0.25, 0.3) is 0 Å². The Kier molecular flexibility index (Phi) is 4.08. The summed E-state index contributed by atoms with van der Waals surface area (Å²) in [7, 11) is 0. The molecule has 2 nitrogen and oxygen atoms in total. The van der Waals surface area contributed by atoms with Crippen LogP contribution in [0.1, 0.15) is 40.0 Å². The third-order valence-corrected chi connectivity index (χ3v) is 0.755. The molecule has 1 saturated carbocycles. The van der Waals surface area contributed by atoms with Crippen molar-refractivity contribution in [3.8, 4) is 0 Å². The van der Waals surface area contributed by atoms with Crippen LogP contribution in [-0.4, -0.2) is 12.1 Å². The highest BCUT2D eigenvalue weighted by Crippen LogP contribution is 2.14. The van der Waals surface area contributed by atoms with Crippen molar-refractivity contribution >= 4 is 6.47 Å². The predicted octanol–water partition coefficient (Wildman–Crippen LogP) is 2.13. The standard InChI is InChI=1S/C5H10O2.C3H6/c1-5(2,3)7-4-6;1-2-3-1/h4H,1-3H3;1-3H2. The molecular weight excluding hydrogens is 128 g/mol. The molecule has 0 aromatic heterocycles. The highest BCUT2D eigenvalue weighted by Gasteiger charge is 2.07. The average molecular weight is 144 g/mol. The number of rotatable bonds is 1. The fourth-order valence-corrected chi connectivity index (χ4v) is 0.144. The van der Waals surface area contributed by atoms with Gasteiger partial charge in [0.25, 0.3) is 6.47 Å². The minimum Gasteiger partial charge on any atom is -0.462 e. The van der Waals surface area contributed by atoms with Gasteiger partial charge in [0, 0.05) is 0 Å². The summed E-state index contributed by atoms with van der Waals surface area (Å²) in [5.74, 6) is 0. The molecule has 0 aliphatic heterocycles. The van der Waals surface area contributed by atoms with E-state index in [0.29, 0.717) is 6.47 Å². The Labute approximate surface area is 62.6 Å². The van der Waals surface area contributed by atoms with E-state index in [9.17, 15) is 4.79 Å². The second-order valence-corrected chi connectivity index (χ2v) is 3.39. The van der Waals surface area contributed by atoms with Crippen LogP contribution in [0, 0.1) is 0 Å². The minimum atomic E-state index is -0.318. The molecule has 1 aliphatic carbocycles. The molecule has 0 aromatic rings. The van der Waals surface area contributed by atoms with Gasteiger partial charge in [-0.1, -0.05) is 19.3 Å². The van der Waals surface area contributed by atoms with E-state index in [-0.39, 0.29) is 5.60 Å². The Balaban J connectivity index is 0.000000219. The van der Waals surface area contributed by atoms with Crippen LogP contribution >= 0.6 is 0 Å². The van der Waals surface area contributed by atoms with Crippen molar-refractivity contribution in [2.75, 3.05) is 0 Å². The Hall–Kier alpha value is -0.530. The quantitative estimate of drug-likeness (QED) is 0.527. The van der Waals surface area contributed by atoms with E-state index in [1.54, 1.807) is 0 Å². The van der Waals surface area contributed by atoms with Gasteiger partial charge in [0.1, 0.15) is 5.60 Å². The van der Waals surface area contributed by atoms with Gasteiger partial charge in [0.15, 0.2) is 0 Å². The Morgan fingerprint density at radius 3 is 1.60 bits per heavy atom. The van der Waals surface area contributed by atoms with Crippen LogP contribution in [0.4, 0.5) is 0 Å². The first-order valence-electron chi connectivity index (χ1n) is 3.68. The van der Waals surface area contributed by atoms with Crippen LogP contribution in [0.5, 0.6) is 0 Å². The van der Waals surface area contributed by atoms with E-state index >= 15 is 0 Å². The number of carbonyl (C=O) groups is 1. The van der Waals surface area contributed by atoms with Crippen molar-refractivity contribution in [2.45, 2.75) is 45.6 Å². The lowest BCUT2D eigenvalue weighted by Gasteiger charge is -2.14. The summed E-state index contributed by atoms with van der Waals surface area (Å²) >= 11 is 0. The largest absolute Gasteiger partial charge is 0.462 e. The van der Waals surface area contributed by atoms with E-state index in [0.717, 1.165) is 0 Å². The fraction of sp³-hybridized carbons (Fsp3) is 0.875. The summed E-state index contributed by atoms with van der Waals surface area (Å²) in [5.41, 5.74) is -0.318. The van der Waals surface area contributed by atoms with E-state index < -0.39 is 0 Å². The van der Waals surface area contributed by atoms with E-state index in [1.165, 1.54) is 19.3 Å². The van der Waals surface area contributed by atoms with Crippen molar-refractivity contribution in [1.29, 1.82) is 0 Å². The zero-order valence-corrected chi connectivity index (χ0v) is 7.02. The SMILES string of the molecule is C1CC1.CC(C)(C)OC=O. The van der Waals surface area contributed by atoms with Crippen LogP contribution in [0.15, 0.2) is 0 Å². The van der Waals surface area contributed by atoms with Crippen molar-refractivity contribution < 1.29 is 9.53 Å². The molecule has 60 valence electrons. The molecule has 1 fully saturated rings. The molecule has 1 aliphatic rings.